The number of anilines is 2. The molecule has 158 valence electrons. The Morgan fingerprint density at radius 3 is 2.84 bits per heavy atom. The second-order valence-electron chi connectivity index (χ2n) is 8.77. The molecular formula is C21H22N8OS. The summed E-state index contributed by atoms with van der Waals surface area (Å²) in [5.41, 5.74) is 2.20. The van der Waals surface area contributed by atoms with Crippen molar-refractivity contribution in [1.82, 2.24) is 24.2 Å². The second kappa shape index (κ2) is 7.20. The van der Waals surface area contributed by atoms with Gasteiger partial charge in [0, 0.05) is 54.4 Å². The number of aromatic nitrogens is 4. The topological polar surface area (TPSA) is 103 Å². The Morgan fingerprint density at radius 1 is 1.29 bits per heavy atom. The van der Waals surface area contributed by atoms with Gasteiger partial charge >= 0.3 is 6.03 Å². The predicted octanol–water partition coefficient (Wildman–Crippen LogP) is 4.20. The molecule has 3 atom stereocenters. The number of hydrogen-bond donors (Lipinski definition) is 3. The molecule has 2 saturated carbocycles. The van der Waals surface area contributed by atoms with Gasteiger partial charge in [0.05, 0.1) is 12.3 Å². The summed E-state index contributed by atoms with van der Waals surface area (Å²) in [6.45, 7) is 9.00. The first kappa shape index (κ1) is 18.6. The van der Waals surface area contributed by atoms with Crippen LogP contribution in [0.2, 0.25) is 0 Å². The van der Waals surface area contributed by atoms with Crippen LogP contribution in [0.15, 0.2) is 18.5 Å². The molecule has 0 aromatic carbocycles. The fourth-order valence-electron chi connectivity index (χ4n) is 4.99. The van der Waals surface area contributed by atoms with Crippen LogP contribution in [-0.2, 0) is 0 Å². The fourth-order valence-corrected chi connectivity index (χ4v) is 5.62. The van der Waals surface area contributed by atoms with Gasteiger partial charge in [-0.05, 0) is 43.6 Å². The van der Waals surface area contributed by atoms with Gasteiger partial charge in [0.25, 0.3) is 0 Å². The standard InChI is InChI=1S/C21H22N8OS/c1-22-16-8-24-19-15(4-5-23-19)17(16)25-14-6-12-9-29(10-13(12)7-14)21(30)27-20-26-18(28-31-20)11-2-3-11/h4-5,8,11-14H,2-3,6-7,9-10H2,(H2,23,24,25)(H,26,27,28,30)/t12-,13+,14?. The maximum atomic E-state index is 12.7. The summed E-state index contributed by atoms with van der Waals surface area (Å²) in [6.07, 6.45) is 7.76. The van der Waals surface area contributed by atoms with Crippen molar-refractivity contribution in [2.75, 3.05) is 23.7 Å². The van der Waals surface area contributed by atoms with Crippen molar-refractivity contribution in [3.8, 4) is 0 Å². The molecule has 10 heteroatoms. The highest BCUT2D eigenvalue weighted by atomic mass is 32.1. The quantitative estimate of drug-likeness (QED) is 0.534. The van der Waals surface area contributed by atoms with Crippen LogP contribution in [0.1, 0.15) is 37.4 Å². The SMILES string of the molecule is [C-]#[N+]c1cnc2[nH]ccc2c1NC1C[C@@H]2CN(C(=O)Nc3nc(C4CC4)ns3)C[C@@H]2C1. The van der Waals surface area contributed by atoms with Gasteiger partial charge in [-0.25, -0.2) is 14.6 Å². The van der Waals surface area contributed by atoms with Crippen LogP contribution in [0.3, 0.4) is 0 Å². The van der Waals surface area contributed by atoms with Crippen molar-refractivity contribution in [3.63, 3.8) is 0 Å². The molecule has 1 saturated heterocycles. The maximum absolute atomic E-state index is 12.7. The van der Waals surface area contributed by atoms with Gasteiger partial charge in [-0.15, -0.1) is 0 Å². The molecule has 1 unspecified atom stereocenters. The van der Waals surface area contributed by atoms with Crippen LogP contribution in [-0.4, -0.2) is 49.4 Å². The Morgan fingerprint density at radius 2 is 2.10 bits per heavy atom. The first-order valence-corrected chi connectivity index (χ1v) is 11.4. The van der Waals surface area contributed by atoms with Crippen molar-refractivity contribution in [2.45, 2.75) is 37.6 Å². The third kappa shape index (κ3) is 3.39. The van der Waals surface area contributed by atoms with Gasteiger partial charge in [0.1, 0.15) is 11.5 Å². The summed E-state index contributed by atoms with van der Waals surface area (Å²) >= 11 is 1.27. The molecule has 0 spiro atoms. The minimum absolute atomic E-state index is 0.0733. The number of carbonyl (C=O) groups is 1. The summed E-state index contributed by atoms with van der Waals surface area (Å²) in [4.78, 5) is 30.1. The zero-order chi connectivity index (χ0) is 20.9. The molecule has 3 aromatic heterocycles. The maximum Gasteiger partial charge on any atom is 0.323 e. The molecule has 0 radical (unpaired) electrons. The number of fused-ring (bicyclic) bond motifs is 2. The van der Waals surface area contributed by atoms with E-state index in [0.717, 1.165) is 61.3 Å². The van der Waals surface area contributed by atoms with E-state index in [2.05, 4.69) is 34.8 Å². The van der Waals surface area contributed by atoms with Crippen molar-refractivity contribution < 1.29 is 4.79 Å². The molecule has 1 aliphatic heterocycles. The van der Waals surface area contributed by atoms with Crippen molar-refractivity contribution in [3.05, 3.63) is 35.7 Å². The van der Waals surface area contributed by atoms with Crippen LogP contribution in [0.25, 0.3) is 15.9 Å². The Bertz CT molecular complexity index is 1180. The van der Waals surface area contributed by atoms with E-state index in [9.17, 15) is 4.79 Å². The van der Waals surface area contributed by atoms with Crippen LogP contribution in [0, 0.1) is 18.4 Å². The molecule has 3 aliphatic rings. The number of aromatic amines is 1. The molecule has 3 N–H and O–H groups in total. The van der Waals surface area contributed by atoms with Gasteiger partial charge in [-0.2, -0.15) is 4.37 Å². The van der Waals surface area contributed by atoms with E-state index in [1.165, 1.54) is 11.5 Å². The number of nitrogens with one attached hydrogen (secondary N) is 3. The largest absolute Gasteiger partial charge is 0.390 e. The van der Waals surface area contributed by atoms with Gasteiger partial charge in [-0.3, -0.25) is 10.3 Å². The van der Waals surface area contributed by atoms with Crippen LogP contribution in [0.5, 0.6) is 0 Å². The number of carbonyl (C=O) groups excluding carboxylic acids is 1. The Balaban J connectivity index is 1.09. The number of hydrogen-bond acceptors (Lipinski definition) is 6. The number of nitrogens with zero attached hydrogens (tertiary/aromatic N) is 5. The fraction of sp³-hybridized carbons (Fsp3) is 0.476. The average Bonchev–Trinajstić information content (AvgIpc) is 3.13. The first-order valence-electron chi connectivity index (χ1n) is 10.7. The zero-order valence-electron chi connectivity index (χ0n) is 16.8. The number of pyridine rings is 1. The third-order valence-electron chi connectivity index (χ3n) is 6.67. The first-order chi connectivity index (χ1) is 15.2. The second-order valence-corrected chi connectivity index (χ2v) is 9.52. The minimum Gasteiger partial charge on any atom is -0.390 e. The van der Waals surface area contributed by atoms with Gasteiger partial charge in [-0.1, -0.05) is 0 Å². The monoisotopic (exact) mass is 434 g/mol. The molecule has 3 fully saturated rings. The minimum atomic E-state index is -0.0733. The van der Waals surface area contributed by atoms with Crippen LogP contribution in [0.4, 0.5) is 21.3 Å². The highest BCUT2D eigenvalue weighted by Crippen LogP contribution is 2.42. The Labute approximate surface area is 183 Å². The molecule has 9 nitrogen and oxygen atoms in total. The van der Waals surface area contributed by atoms with E-state index in [-0.39, 0.29) is 6.03 Å². The van der Waals surface area contributed by atoms with Gasteiger partial charge < -0.3 is 15.2 Å². The Kier molecular flexibility index (Phi) is 4.31. The lowest BCUT2D eigenvalue weighted by atomic mass is 10.0. The summed E-state index contributed by atoms with van der Waals surface area (Å²) in [5.74, 6) is 2.31. The van der Waals surface area contributed by atoms with Crippen LogP contribution >= 0.6 is 11.5 Å². The normalized spacial score (nSPS) is 24.9. The lowest BCUT2D eigenvalue weighted by Crippen LogP contribution is -2.34. The summed E-state index contributed by atoms with van der Waals surface area (Å²) in [5, 5.41) is 8.10. The summed E-state index contributed by atoms with van der Waals surface area (Å²) in [6, 6.07) is 2.19. The highest BCUT2D eigenvalue weighted by Gasteiger charge is 2.42. The summed E-state index contributed by atoms with van der Waals surface area (Å²) in [7, 11) is 0. The molecule has 3 aromatic rings. The zero-order valence-corrected chi connectivity index (χ0v) is 17.7. The highest BCUT2D eigenvalue weighted by molar-refractivity contribution is 7.09. The lowest BCUT2D eigenvalue weighted by molar-refractivity contribution is 0.218. The number of rotatable bonds is 4. The smallest absolute Gasteiger partial charge is 0.323 e. The molecule has 4 heterocycles. The third-order valence-corrected chi connectivity index (χ3v) is 7.32. The van der Waals surface area contributed by atoms with Crippen molar-refractivity contribution in [1.29, 1.82) is 0 Å². The average molecular weight is 435 g/mol. The van der Waals surface area contributed by atoms with Gasteiger partial charge in [0.15, 0.2) is 0 Å². The Hall–Kier alpha value is -3.19. The number of likely N-dealkylation sites (tertiary alicyclic amines) is 1. The molecular weight excluding hydrogens is 412 g/mol. The van der Waals surface area contributed by atoms with E-state index in [0.29, 0.717) is 34.6 Å². The molecule has 0 bridgehead atoms. The van der Waals surface area contributed by atoms with E-state index in [1.807, 2.05) is 17.2 Å². The number of urea groups is 1. The number of amides is 2. The van der Waals surface area contributed by atoms with E-state index >= 15 is 0 Å². The summed E-state index contributed by atoms with van der Waals surface area (Å²) < 4.78 is 4.36. The molecule has 2 amide bonds. The van der Waals surface area contributed by atoms with Crippen molar-refractivity contribution in [2.24, 2.45) is 11.8 Å². The van der Waals surface area contributed by atoms with Gasteiger partial charge in [0.2, 0.25) is 10.8 Å². The number of H-pyrrole nitrogens is 1. The van der Waals surface area contributed by atoms with Crippen LogP contribution < -0.4 is 10.6 Å². The lowest BCUT2D eigenvalue weighted by Gasteiger charge is -2.21. The van der Waals surface area contributed by atoms with E-state index < -0.39 is 0 Å². The molecule has 6 rings (SSSR count). The predicted molar refractivity (Wildman–Crippen MR) is 118 cm³/mol. The molecule has 2 aliphatic carbocycles. The van der Waals surface area contributed by atoms with E-state index in [1.54, 1.807) is 6.20 Å². The molecule has 31 heavy (non-hydrogen) atoms. The van der Waals surface area contributed by atoms with E-state index in [4.69, 9.17) is 6.57 Å². The van der Waals surface area contributed by atoms with Crippen molar-refractivity contribution >= 4 is 45.1 Å².